The van der Waals surface area contributed by atoms with Crippen molar-refractivity contribution >= 4 is 12.0 Å². The molecular weight excluding hydrogens is 340 g/mol. The lowest BCUT2D eigenvalue weighted by atomic mass is 9.95. The number of nitrogens with one attached hydrogen (secondary N) is 2. The molecule has 1 heterocycles. The first kappa shape index (κ1) is 19.4. The number of hydrogen-bond acceptors (Lipinski definition) is 6. The van der Waals surface area contributed by atoms with Crippen LogP contribution in [0, 0.1) is 0 Å². The Labute approximate surface area is 152 Å². The molecule has 1 atom stereocenters. The summed E-state index contributed by atoms with van der Waals surface area (Å²) in [6, 6.07) is 2.24. The highest BCUT2D eigenvalue weighted by molar-refractivity contribution is 5.95. The maximum absolute atomic E-state index is 12.6. The van der Waals surface area contributed by atoms with Gasteiger partial charge in [0.05, 0.1) is 39.0 Å². The van der Waals surface area contributed by atoms with Crippen molar-refractivity contribution in [3.8, 4) is 17.2 Å². The molecule has 1 aromatic rings. The molecule has 8 heteroatoms. The molecule has 8 nitrogen and oxygen atoms in total. The van der Waals surface area contributed by atoms with Crippen LogP contribution in [0.4, 0.5) is 4.79 Å². The Kier molecular flexibility index (Phi) is 5.97. The number of rotatable bonds is 6. The molecular formula is C18H24N2O6. The number of carbonyl (C=O) groups is 2. The zero-order valence-electron chi connectivity index (χ0n) is 15.8. The second-order valence-electron chi connectivity index (χ2n) is 5.98. The fourth-order valence-corrected chi connectivity index (χ4v) is 2.76. The zero-order chi connectivity index (χ0) is 19.4. The van der Waals surface area contributed by atoms with Crippen molar-refractivity contribution in [3.05, 3.63) is 29.0 Å². The molecule has 0 unspecified atom stereocenters. The lowest BCUT2D eigenvalue weighted by Crippen LogP contribution is -2.45. The van der Waals surface area contributed by atoms with Crippen LogP contribution in [-0.4, -0.2) is 39.4 Å². The van der Waals surface area contributed by atoms with Crippen LogP contribution in [0.15, 0.2) is 23.4 Å². The van der Waals surface area contributed by atoms with E-state index in [0.717, 1.165) is 0 Å². The van der Waals surface area contributed by atoms with Gasteiger partial charge >= 0.3 is 12.0 Å². The average Bonchev–Trinajstić information content (AvgIpc) is 2.58. The van der Waals surface area contributed by atoms with Gasteiger partial charge in [0.2, 0.25) is 5.75 Å². The third-order valence-corrected chi connectivity index (χ3v) is 3.85. The summed E-state index contributed by atoms with van der Waals surface area (Å²) < 4.78 is 21.4. The molecule has 0 aromatic heterocycles. The largest absolute Gasteiger partial charge is 0.493 e. The Morgan fingerprint density at radius 1 is 1.08 bits per heavy atom. The van der Waals surface area contributed by atoms with Gasteiger partial charge < -0.3 is 29.6 Å². The predicted molar refractivity (Wildman–Crippen MR) is 94.4 cm³/mol. The standard InChI is InChI=1S/C18H24N2O6/c1-9(2)26-17(21)14-10(3)19-18(22)20-15(14)11-7-12(23-4)16(25-6)13(8-11)24-5/h7-9,15H,1-6H3,(H2,19,20,22)/t15-/m0/s1. The number of hydrogen-bond donors (Lipinski definition) is 2. The smallest absolute Gasteiger partial charge is 0.338 e. The first-order chi connectivity index (χ1) is 12.3. The summed E-state index contributed by atoms with van der Waals surface area (Å²) in [7, 11) is 4.50. The van der Waals surface area contributed by atoms with Gasteiger partial charge in [-0.25, -0.2) is 9.59 Å². The number of ether oxygens (including phenoxy) is 4. The SMILES string of the molecule is COc1cc([C@@H]2NC(=O)NC(C)=C2C(=O)OC(C)C)cc(OC)c1OC. The highest BCUT2D eigenvalue weighted by Gasteiger charge is 2.33. The van der Waals surface area contributed by atoms with Gasteiger partial charge in [-0.2, -0.15) is 0 Å². The van der Waals surface area contributed by atoms with Crippen LogP contribution in [-0.2, 0) is 9.53 Å². The van der Waals surface area contributed by atoms with Gasteiger partial charge in [0.1, 0.15) is 0 Å². The van der Waals surface area contributed by atoms with Gasteiger partial charge in [-0.3, -0.25) is 0 Å². The third-order valence-electron chi connectivity index (χ3n) is 3.85. The predicted octanol–water partition coefficient (Wildman–Crippen LogP) is 2.29. The second kappa shape index (κ2) is 7.99. The van der Waals surface area contributed by atoms with Gasteiger partial charge in [-0.05, 0) is 38.5 Å². The van der Waals surface area contributed by atoms with Gasteiger partial charge in [-0.15, -0.1) is 0 Å². The Balaban J connectivity index is 2.57. The number of carbonyl (C=O) groups excluding carboxylic acids is 2. The highest BCUT2D eigenvalue weighted by Crippen LogP contribution is 2.41. The number of benzene rings is 1. The number of amides is 2. The molecule has 1 aromatic carbocycles. The maximum atomic E-state index is 12.6. The van der Waals surface area contributed by atoms with Crippen molar-refractivity contribution in [3.63, 3.8) is 0 Å². The van der Waals surface area contributed by atoms with Crippen LogP contribution in [0.5, 0.6) is 17.2 Å². The minimum Gasteiger partial charge on any atom is -0.493 e. The van der Waals surface area contributed by atoms with Crippen molar-refractivity contribution in [1.82, 2.24) is 10.6 Å². The molecule has 0 aliphatic carbocycles. The summed E-state index contributed by atoms with van der Waals surface area (Å²) in [5.74, 6) is 0.752. The topological polar surface area (TPSA) is 95.1 Å². The molecule has 0 bridgehead atoms. The van der Waals surface area contributed by atoms with Crippen molar-refractivity contribution in [1.29, 1.82) is 0 Å². The summed E-state index contributed by atoms with van der Waals surface area (Å²) in [4.78, 5) is 24.6. The number of urea groups is 1. The minimum atomic E-state index is -0.719. The Bertz CT molecular complexity index is 716. The van der Waals surface area contributed by atoms with Gasteiger partial charge in [0.15, 0.2) is 11.5 Å². The second-order valence-corrected chi connectivity index (χ2v) is 5.98. The molecule has 0 saturated heterocycles. The van der Waals surface area contributed by atoms with E-state index in [1.165, 1.54) is 21.3 Å². The minimum absolute atomic E-state index is 0.291. The Morgan fingerprint density at radius 3 is 2.12 bits per heavy atom. The molecule has 2 rings (SSSR count). The number of allylic oxidation sites excluding steroid dienone is 1. The fraction of sp³-hybridized carbons (Fsp3) is 0.444. The summed E-state index contributed by atoms with van der Waals surface area (Å²) in [6.45, 7) is 5.18. The van der Waals surface area contributed by atoms with Crippen molar-refractivity contribution in [2.45, 2.75) is 32.9 Å². The number of esters is 1. The van der Waals surface area contributed by atoms with Crippen LogP contribution in [0.1, 0.15) is 32.4 Å². The molecule has 1 aliphatic rings. The van der Waals surface area contributed by atoms with Crippen LogP contribution in [0.3, 0.4) is 0 Å². The molecule has 26 heavy (non-hydrogen) atoms. The molecule has 2 amide bonds. The van der Waals surface area contributed by atoms with Crippen LogP contribution in [0.25, 0.3) is 0 Å². The number of methoxy groups -OCH3 is 3. The normalized spacial score (nSPS) is 16.7. The van der Waals surface area contributed by atoms with E-state index in [9.17, 15) is 9.59 Å². The van der Waals surface area contributed by atoms with E-state index >= 15 is 0 Å². The maximum Gasteiger partial charge on any atom is 0.338 e. The van der Waals surface area contributed by atoms with E-state index < -0.39 is 18.0 Å². The zero-order valence-corrected chi connectivity index (χ0v) is 15.8. The molecule has 0 radical (unpaired) electrons. The highest BCUT2D eigenvalue weighted by atomic mass is 16.5. The van der Waals surface area contributed by atoms with Crippen molar-refractivity contribution < 1.29 is 28.5 Å². The van der Waals surface area contributed by atoms with Crippen LogP contribution >= 0.6 is 0 Å². The average molecular weight is 364 g/mol. The van der Waals surface area contributed by atoms with Gasteiger partial charge in [0, 0.05) is 5.70 Å². The monoisotopic (exact) mass is 364 g/mol. The lowest BCUT2D eigenvalue weighted by Gasteiger charge is -2.29. The van der Waals surface area contributed by atoms with E-state index in [2.05, 4.69) is 10.6 Å². The molecule has 0 fully saturated rings. The Morgan fingerprint density at radius 2 is 1.65 bits per heavy atom. The molecule has 142 valence electrons. The van der Waals surface area contributed by atoms with Crippen molar-refractivity contribution in [2.75, 3.05) is 21.3 Å². The molecule has 1 aliphatic heterocycles. The Hall–Kier alpha value is -2.90. The van der Waals surface area contributed by atoms with E-state index in [1.54, 1.807) is 32.9 Å². The van der Waals surface area contributed by atoms with Crippen LogP contribution < -0.4 is 24.8 Å². The van der Waals surface area contributed by atoms with Gasteiger partial charge in [0.25, 0.3) is 0 Å². The summed E-state index contributed by atoms with van der Waals surface area (Å²) in [6.07, 6.45) is -0.291. The van der Waals surface area contributed by atoms with Crippen molar-refractivity contribution in [2.24, 2.45) is 0 Å². The van der Waals surface area contributed by atoms with E-state index in [-0.39, 0.29) is 6.10 Å². The van der Waals surface area contributed by atoms with E-state index in [4.69, 9.17) is 18.9 Å². The summed E-state index contributed by atoms with van der Waals surface area (Å²) in [5, 5.41) is 5.35. The van der Waals surface area contributed by atoms with E-state index in [1.807, 2.05) is 0 Å². The van der Waals surface area contributed by atoms with Gasteiger partial charge in [-0.1, -0.05) is 0 Å². The van der Waals surface area contributed by atoms with Crippen LogP contribution in [0.2, 0.25) is 0 Å². The molecule has 0 spiro atoms. The summed E-state index contributed by atoms with van der Waals surface area (Å²) in [5.41, 5.74) is 1.34. The fourth-order valence-electron chi connectivity index (χ4n) is 2.76. The first-order valence-corrected chi connectivity index (χ1v) is 8.11. The lowest BCUT2D eigenvalue weighted by molar-refractivity contribution is -0.143. The first-order valence-electron chi connectivity index (χ1n) is 8.11. The third kappa shape index (κ3) is 3.84. The molecule has 0 saturated carbocycles. The van der Waals surface area contributed by atoms with E-state index in [0.29, 0.717) is 34.1 Å². The quantitative estimate of drug-likeness (QED) is 0.752. The summed E-state index contributed by atoms with van der Waals surface area (Å²) >= 11 is 0. The molecule has 2 N–H and O–H groups in total.